The van der Waals surface area contributed by atoms with Crippen LogP contribution in [0.15, 0.2) is 66.7 Å². The third kappa shape index (κ3) is 17.7. The summed E-state index contributed by atoms with van der Waals surface area (Å²) in [6.07, 6.45) is 11.5. The summed E-state index contributed by atoms with van der Waals surface area (Å²) in [4.78, 5) is 14.0. The number of phenolic OH excluding ortho intramolecular Hbond substituents is 2. The van der Waals surface area contributed by atoms with Crippen molar-refractivity contribution in [3.63, 3.8) is 0 Å². The molecule has 0 spiro atoms. The van der Waals surface area contributed by atoms with Crippen LogP contribution in [0.3, 0.4) is 0 Å². The van der Waals surface area contributed by atoms with Crippen molar-refractivity contribution < 1.29 is 48.8 Å². The lowest BCUT2D eigenvalue weighted by Gasteiger charge is -2.17. The molecule has 0 amide bonds. The number of unbranched alkanes of at least 4 members (excludes halogenated alkanes) is 8. The van der Waals surface area contributed by atoms with Gasteiger partial charge in [-0.3, -0.25) is 0 Å². The van der Waals surface area contributed by atoms with Crippen LogP contribution in [0.1, 0.15) is 90.9 Å². The highest BCUT2D eigenvalue weighted by Crippen LogP contribution is 2.35. The number of benzene rings is 3. The minimum atomic E-state index is -0.846. The van der Waals surface area contributed by atoms with Crippen LogP contribution in [0.2, 0.25) is 0 Å². The Morgan fingerprint density at radius 1 is 0.500 bits per heavy atom. The SMILES string of the molecule is COCCCCCCCC(C)OCC(O)COc1ccc(-c2nc(-c3ccccc3)nc(-c3ccc(OCC(O)COC(C)CCCCCCCOC)cc3O)n2)c(O)c1. The quantitative estimate of drug-likeness (QED) is 0.0356. The van der Waals surface area contributed by atoms with E-state index in [1.54, 1.807) is 38.5 Å². The maximum atomic E-state index is 11.1. The van der Waals surface area contributed by atoms with Crippen LogP contribution in [0.4, 0.5) is 0 Å². The second-order valence-corrected chi connectivity index (χ2v) is 15.3. The summed E-state index contributed by atoms with van der Waals surface area (Å²) in [5.41, 5.74) is 1.36. The molecule has 4 unspecified atom stereocenters. The zero-order valence-electron chi connectivity index (χ0n) is 36.0. The third-order valence-corrected chi connectivity index (χ3v) is 10.0. The van der Waals surface area contributed by atoms with E-state index in [-0.39, 0.29) is 61.8 Å². The summed E-state index contributed by atoms with van der Waals surface area (Å²) in [5, 5.41) is 43.3. The Morgan fingerprint density at radius 2 is 0.917 bits per heavy atom. The summed E-state index contributed by atoms with van der Waals surface area (Å²) in [6, 6.07) is 18.8. The number of aromatic nitrogens is 3. The van der Waals surface area contributed by atoms with Gasteiger partial charge in [0.2, 0.25) is 0 Å². The molecule has 0 bridgehead atoms. The molecule has 13 heteroatoms. The van der Waals surface area contributed by atoms with E-state index in [4.69, 9.17) is 28.4 Å². The van der Waals surface area contributed by atoms with E-state index in [0.29, 0.717) is 34.0 Å². The number of rotatable bonds is 31. The molecule has 0 fully saturated rings. The minimum absolute atomic E-state index is 0.0133. The Balaban J connectivity index is 1.33. The summed E-state index contributed by atoms with van der Waals surface area (Å²) >= 11 is 0. The average Bonchev–Trinajstić information content (AvgIpc) is 3.25. The molecule has 4 aromatic rings. The Bertz CT molecular complexity index is 1680. The second-order valence-electron chi connectivity index (χ2n) is 15.3. The monoisotopic (exact) mass is 833 g/mol. The van der Waals surface area contributed by atoms with E-state index in [1.165, 1.54) is 37.8 Å². The predicted molar refractivity (Wildman–Crippen MR) is 232 cm³/mol. The van der Waals surface area contributed by atoms with Gasteiger partial charge < -0.3 is 48.8 Å². The first-order valence-corrected chi connectivity index (χ1v) is 21.5. The lowest BCUT2D eigenvalue weighted by molar-refractivity contribution is -0.0214. The van der Waals surface area contributed by atoms with Gasteiger partial charge in [0.1, 0.15) is 48.4 Å². The second kappa shape index (κ2) is 27.5. The first-order valence-electron chi connectivity index (χ1n) is 21.5. The van der Waals surface area contributed by atoms with Crippen molar-refractivity contribution >= 4 is 0 Å². The van der Waals surface area contributed by atoms with Gasteiger partial charge in [0.05, 0.1) is 36.5 Å². The van der Waals surface area contributed by atoms with E-state index < -0.39 is 12.2 Å². The fourth-order valence-corrected chi connectivity index (χ4v) is 6.53. The highest BCUT2D eigenvalue weighted by molar-refractivity contribution is 5.72. The van der Waals surface area contributed by atoms with E-state index in [2.05, 4.69) is 15.0 Å². The standard InChI is InChI=1S/C47H67N3O10/c1-34(18-12-7-5-9-16-26-55-3)57-30-37(51)32-59-39-22-24-41(43(53)28-39)46-48-45(36-20-14-11-15-21-36)49-47(50-46)42-25-23-40(29-44(42)54)60-33-38(52)31-58-35(2)19-13-8-6-10-17-27-56-4/h11,14-15,20-25,28-29,34-35,37-38,51-54H,5-10,12-13,16-19,26-27,30-33H2,1-4H3. The van der Waals surface area contributed by atoms with Crippen LogP contribution in [0, 0.1) is 0 Å². The molecule has 1 aromatic heterocycles. The number of hydrogen-bond donors (Lipinski definition) is 4. The lowest BCUT2D eigenvalue weighted by atomic mass is 10.1. The van der Waals surface area contributed by atoms with Crippen LogP contribution < -0.4 is 9.47 Å². The molecule has 60 heavy (non-hydrogen) atoms. The average molecular weight is 834 g/mol. The maximum Gasteiger partial charge on any atom is 0.167 e. The van der Waals surface area contributed by atoms with Gasteiger partial charge in [-0.25, -0.2) is 15.0 Å². The molecule has 4 atom stereocenters. The van der Waals surface area contributed by atoms with Gasteiger partial charge >= 0.3 is 0 Å². The van der Waals surface area contributed by atoms with Crippen molar-refractivity contribution in [3.05, 3.63) is 66.7 Å². The fourth-order valence-electron chi connectivity index (χ4n) is 6.53. The molecule has 0 radical (unpaired) electrons. The van der Waals surface area contributed by atoms with E-state index in [1.807, 2.05) is 44.2 Å². The van der Waals surface area contributed by atoms with Crippen molar-refractivity contribution in [2.75, 3.05) is 53.9 Å². The number of aliphatic hydroxyl groups is 2. The van der Waals surface area contributed by atoms with Crippen molar-refractivity contribution in [2.24, 2.45) is 0 Å². The summed E-state index contributed by atoms with van der Waals surface area (Å²) in [5.74, 6) is 1.14. The van der Waals surface area contributed by atoms with Crippen molar-refractivity contribution in [3.8, 4) is 57.2 Å². The van der Waals surface area contributed by atoms with Gasteiger partial charge in [-0.2, -0.15) is 0 Å². The van der Waals surface area contributed by atoms with E-state index in [9.17, 15) is 20.4 Å². The highest BCUT2D eigenvalue weighted by Gasteiger charge is 2.19. The zero-order valence-corrected chi connectivity index (χ0v) is 36.0. The van der Waals surface area contributed by atoms with Gasteiger partial charge in [-0.1, -0.05) is 81.7 Å². The van der Waals surface area contributed by atoms with Crippen LogP contribution in [-0.2, 0) is 18.9 Å². The number of nitrogens with zero attached hydrogens (tertiary/aromatic N) is 3. The lowest BCUT2D eigenvalue weighted by Crippen LogP contribution is -2.26. The Labute approximate surface area is 356 Å². The first kappa shape index (κ1) is 48.3. The Kier molecular flexibility index (Phi) is 22.1. The molecule has 0 aliphatic heterocycles. The summed E-state index contributed by atoms with van der Waals surface area (Å²) in [7, 11) is 3.45. The van der Waals surface area contributed by atoms with Crippen LogP contribution >= 0.6 is 0 Å². The van der Waals surface area contributed by atoms with Gasteiger partial charge in [0, 0.05) is 45.1 Å². The molecule has 1 heterocycles. The molecule has 4 rings (SSSR count). The maximum absolute atomic E-state index is 11.1. The molecule has 13 nitrogen and oxygen atoms in total. The number of aromatic hydroxyl groups is 2. The molecule has 0 saturated carbocycles. The number of methoxy groups -OCH3 is 2. The van der Waals surface area contributed by atoms with Crippen molar-refractivity contribution in [1.82, 2.24) is 15.0 Å². The van der Waals surface area contributed by atoms with Crippen LogP contribution in [0.25, 0.3) is 34.2 Å². The summed E-state index contributed by atoms with van der Waals surface area (Å²) in [6.45, 7) is 5.89. The van der Waals surface area contributed by atoms with E-state index >= 15 is 0 Å². The molecule has 3 aromatic carbocycles. The molecule has 0 saturated heterocycles. The van der Waals surface area contributed by atoms with Gasteiger partial charge in [-0.15, -0.1) is 0 Å². The Hall–Kier alpha value is -4.37. The normalized spacial score (nSPS) is 13.5. The minimum Gasteiger partial charge on any atom is -0.507 e. The smallest absolute Gasteiger partial charge is 0.167 e. The van der Waals surface area contributed by atoms with Gasteiger partial charge in [-0.05, 0) is 63.8 Å². The fraction of sp³-hybridized carbons (Fsp3) is 0.553. The van der Waals surface area contributed by atoms with Crippen LogP contribution in [-0.4, -0.2) is 114 Å². The molecule has 330 valence electrons. The first-order chi connectivity index (χ1) is 29.2. The predicted octanol–water partition coefficient (Wildman–Crippen LogP) is 8.55. The molecule has 0 aliphatic carbocycles. The van der Waals surface area contributed by atoms with Crippen molar-refractivity contribution in [1.29, 1.82) is 0 Å². The summed E-state index contributed by atoms with van der Waals surface area (Å²) < 4.78 is 33.5. The van der Waals surface area contributed by atoms with Crippen LogP contribution in [0.5, 0.6) is 23.0 Å². The van der Waals surface area contributed by atoms with Gasteiger partial charge in [0.15, 0.2) is 17.5 Å². The zero-order chi connectivity index (χ0) is 43.0. The number of aliphatic hydroxyl groups excluding tert-OH is 2. The van der Waals surface area contributed by atoms with Gasteiger partial charge in [0.25, 0.3) is 0 Å². The number of phenols is 2. The topological polar surface area (TPSA) is 175 Å². The third-order valence-electron chi connectivity index (χ3n) is 10.0. The number of ether oxygens (including phenoxy) is 6. The molecule has 4 N–H and O–H groups in total. The van der Waals surface area contributed by atoms with Crippen molar-refractivity contribution in [2.45, 2.75) is 115 Å². The van der Waals surface area contributed by atoms with E-state index in [0.717, 1.165) is 64.6 Å². The molecule has 0 aliphatic rings. The molecular formula is C47H67N3O10. The largest absolute Gasteiger partial charge is 0.507 e. The Morgan fingerprint density at radius 3 is 1.35 bits per heavy atom. The highest BCUT2D eigenvalue weighted by atomic mass is 16.5. The molecular weight excluding hydrogens is 767 g/mol. The number of hydrogen-bond acceptors (Lipinski definition) is 13.